The fraction of sp³-hybridized carbons (Fsp3) is 0.667. The Balaban J connectivity index is 1.82. The molecule has 3 atom stereocenters. The van der Waals surface area contributed by atoms with Crippen LogP contribution < -0.4 is 5.32 Å². The minimum Gasteiger partial charge on any atom is -0.313 e. The predicted octanol–water partition coefficient (Wildman–Crippen LogP) is 4.28. The van der Waals surface area contributed by atoms with Crippen LogP contribution in [0.3, 0.4) is 0 Å². The molecule has 1 aromatic carbocycles. The Morgan fingerprint density at radius 3 is 2.58 bits per heavy atom. The summed E-state index contributed by atoms with van der Waals surface area (Å²) in [7, 11) is 0. The van der Waals surface area contributed by atoms with Crippen LogP contribution in [0.1, 0.15) is 45.6 Å². The first-order valence-corrected chi connectivity index (χ1v) is 7.94. The average Bonchev–Trinajstić information content (AvgIpc) is 2.39. The van der Waals surface area contributed by atoms with Gasteiger partial charge < -0.3 is 5.32 Å². The molecule has 0 heterocycles. The molecule has 0 spiro atoms. The van der Waals surface area contributed by atoms with E-state index < -0.39 is 0 Å². The third-order valence-corrected chi connectivity index (χ3v) is 4.69. The van der Waals surface area contributed by atoms with Gasteiger partial charge in [-0.1, -0.05) is 57.5 Å². The molecular formula is C18H29N. The molecule has 0 saturated heterocycles. The van der Waals surface area contributed by atoms with E-state index in [4.69, 9.17) is 0 Å². The first-order chi connectivity index (χ1) is 9.16. The van der Waals surface area contributed by atoms with Crippen molar-refractivity contribution < 1.29 is 0 Å². The molecule has 1 nitrogen and oxygen atoms in total. The van der Waals surface area contributed by atoms with E-state index in [1.807, 2.05) is 0 Å². The van der Waals surface area contributed by atoms with Crippen molar-refractivity contribution in [3.63, 3.8) is 0 Å². The Kier molecular flexibility index (Phi) is 5.45. The van der Waals surface area contributed by atoms with E-state index in [9.17, 15) is 0 Å². The minimum absolute atomic E-state index is 0.729. The minimum atomic E-state index is 0.729. The van der Waals surface area contributed by atoms with Crippen molar-refractivity contribution in [3.8, 4) is 0 Å². The van der Waals surface area contributed by atoms with Crippen LogP contribution in [0, 0.1) is 17.8 Å². The van der Waals surface area contributed by atoms with E-state index in [0.717, 1.165) is 36.8 Å². The summed E-state index contributed by atoms with van der Waals surface area (Å²) in [6, 6.07) is 11.5. The highest BCUT2D eigenvalue weighted by Crippen LogP contribution is 2.33. The molecular weight excluding hydrogens is 230 g/mol. The van der Waals surface area contributed by atoms with Gasteiger partial charge in [-0.3, -0.25) is 0 Å². The van der Waals surface area contributed by atoms with E-state index in [1.165, 1.54) is 24.8 Å². The molecule has 3 unspecified atom stereocenters. The van der Waals surface area contributed by atoms with E-state index >= 15 is 0 Å². The van der Waals surface area contributed by atoms with Gasteiger partial charge in [0.1, 0.15) is 0 Å². The number of rotatable bonds is 5. The van der Waals surface area contributed by atoms with Crippen molar-refractivity contribution in [1.82, 2.24) is 5.32 Å². The van der Waals surface area contributed by atoms with E-state index in [-0.39, 0.29) is 0 Å². The predicted molar refractivity (Wildman–Crippen MR) is 83.3 cm³/mol. The van der Waals surface area contributed by atoms with Gasteiger partial charge in [-0.15, -0.1) is 0 Å². The Labute approximate surface area is 118 Å². The molecule has 1 N–H and O–H groups in total. The van der Waals surface area contributed by atoms with Crippen LogP contribution in [0.15, 0.2) is 30.3 Å². The summed E-state index contributed by atoms with van der Waals surface area (Å²) in [5.41, 5.74) is 1.44. The van der Waals surface area contributed by atoms with Crippen molar-refractivity contribution in [2.75, 3.05) is 6.54 Å². The zero-order chi connectivity index (χ0) is 13.7. The van der Waals surface area contributed by atoms with Gasteiger partial charge in [0.15, 0.2) is 0 Å². The maximum Gasteiger partial charge on any atom is 0.0100 e. The van der Waals surface area contributed by atoms with Gasteiger partial charge in [0.25, 0.3) is 0 Å². The fourth-order valence-corrected chi connectivity index (χ4v) is 3.48. The SMILES string of the molecule is CC1CCC(C(C)C)C(NCCc2ccccc2)C1. The number of hydrogen-bond acceptors (Lipinski definition) is 1. The Morgan fingerprint density at radius 2 is 1.89 bits per heavy atom. The smallest absolute Gasteiger partial charge is 0.0100 e. The molecule has 2 rings (SSSR count). The van der Waals surface area contributed by atoms with Gasteiger partial charge >= 0.3 is 0 Å². The van der Waals surface area contributed by atoms with Gasteiger partial charge in [0.2, 0.25) is 0 Å². The zero-order valence-electron chi connectivity index (χ0n) is 12.7. The third kappa shape index (κ3) is 4.35. The lowest BCUT2D eigenvalue weighted by Gasteiger charge is -2.38. The van der Waals surface area contributed by atoms with Gasteiger partial charge in [-0.05, 0) is 49.1 Å². The maximum absolute atomic E-state index is 3.83. The Bertz CT molecular complexity index is 357. The normalized spacial score (nSPS) is 27.7. The van der Waals surface area contributed by atoms with Gasteiger partial charge in [-0.25, -0.2) is 0 Å². The van der Waals surface area contributed by atoms with Crippen LogP contribution in [-0.4, -0.2) is 12.6 Å². The highest BCUT2D eigenvalue weighted by molar-refractivity contribution is 5.14. The topological polar surface area (TPSA) is 12.0 Å². The molecule has 1 aromatic rings. The lowest BCUT2D eigenvalue weighted by Crippen LogP contribution is -2.43. The highest BCUT2D eigenvalue weighted by atomic mass is 14.9. The summed E-state index contributed by atoms with van der Waals surface area (Å²) in [6.07, 6.45) is 5.33. The number of benzene rings is 1. The van der Waals surface area contributed by atoms with E-state index in [1.54, 1.807) is 0 Å². The summed E-state index contributed by atoms with van der Waals surface area (Å²) >= 11 is 0. The second-order valence-corrected chi connectivity index (χ2v) is 6.62. The van der Waals surface area contributed by atoms with Crippen molar-refractivity contribution in [1.29, 1.82) is 0 Å². The molecule has 0 aliphatic heterocycles. The van der Waals surface area contributed by atoms with Gasteiger partial charge in [0, 0.05) is 6.04 Å². The van der Waals surface area contributed by atoms with Crippen LogP contribution in [0.4, 0.5) is 0 Å². The highest BCUT2D eigenvalue weighted by Gasteiger charge is 2.29. The molecule has 1 fully saturated rings. The summed E-state index contributed by atoms with van der Waals surface area (Å²) in [6.45, 7) is 8.28. The average molecular weight is 259 g/mol. The van der Waals surface area contributed by atoms with Crippen LogP contribution in [-0.2, 0) is 6.42 Å². The molecule has 1 aliphatic carbocycles. The summed E-state index contributed by atoms with van der Waals surface area (Å²) in [5.74, 6) is 2.57. The van der Waals surface area contributed by atoms with Crippen LogP contribution >= 0.6 is 0 Å². The molecule has 106 valence electrons. The fourth-order valence-electron chi connectivity index (χ4n) is 3.48. The first kappa shape index (κ1) is 14.6. The van der Waals surface area contributed by atoms with Crippen LogP contribution in [0.25, 0.3) is 0 Å². The molecule has 0 radical (unpaired) electrons. The molecule has 1 aliphatic rings. The van der Waals surface area contributed by atoms with Crippen molar-refractivity contribution in [3.05, 3.63) is 35.9 Å². The van der Waals surface area contributed by atoms with Gasteiger partial charge in [-0.2, -0.15) is 0 Å². The quantitative estimate of drug-likeness (QED) is 0.832. The van der Waals surface area contributed by atoms with Crippen molar-refractivity contribution in [2.45, 2.75) is 52.5 Å². The Morgan fingerprint density at radius 1 is 1.16 bits per heavy atom. The summed E-state index contributed by atoms with van der Waals surface area (Å²) in [4.78, 5) is 0. The van der Waals surface area contributed by atoms with Gasteiger partial charge in [0.05, 0.1) is 0 Å². The van der Waals surface area contributed by atoms with Crippen molar-refractivity contribution >= 4 is 0 Å². The van der Waals surface area contributed by atoms with E-state index in [2.05, 4.69) is 56.4 Å². The molecule has 0 bridgehead atoms. The van der Waals surface area contributed by atoms with Crippen LogP contribution in [0.2, 0.25) is 0 Å². The van der Waals surface area contributed by atoms with Crippen molar-refractivity contribution in [2.24, 2.45) is 17.8 Å². The molecule has 19 heavy (non-hydrogen) atoms. The summed E-state index contributed by atoms with van der Waals surface area (Å²) in [5, 5.41) is 3.83. The number of hydrogen-bond donors (Lipinski definition) is 1. The monoisotopic (exact) mass is 259 g/mol. The zero-order valence-corrected chi connectivity index (χ0v) is 12.7. The summed E-state index contributed by atoms with van der Waals surface area (Å²) < 4.78 is 0. The van der Waals surface area contributed by atoms with Crippen LogP contribution in [0.5, 0.6) is 0 Å². The lowest BCUT2D eigenvalue weighted by atomic mass is 9.74. The Hall–Kier alpha value is -0.820. The molecule has 1 saturated carbocycles. The van der Waals surface area contributed by atoms with E-state index in [0.29, 0.717) is 0 Å². The standard InChI is InChI=1S/C18H29N/c1-14(2)17-10-9-15(3)13-18(17)19-12-11-16-7-5-4-6-8-16/h4-8,14-15,17-19H,9-13H2,1-3H3. The first-order valence-electron chi connectivity index (χ1n) is 7.94. The largest absolute Gasteiger partial charge is 0.313 e. The second-order valence-electron chi connectivity index (χ2n) is 6.62. The third-order valence-electron chi connectivity index (χ3n) is 4.69. The maximum atomic E-state index is 3.83. The molecule has 0 amide bonds. The molecule has 1 heteroatoms. The lowest BCUT2D eigenvalue weighted by molar-refractivity contribution is 0.171. The second kappa shape index (κ2) is 7.09. The molecule has 0 aromatic heterocycles. The number of nitrogens with one attached hydrogen (secondary N) is 1.